The van der Waals surface area contributed by atoms with E-state index in [4.69, 9.17) is 39.9 Å². The number of hydrogen-bond donors (Lipinski definition) is 1. The molecule has 5 heteroatoms. The van der Waals surface area contributed by atoms with Crippen molar-refractivity contribution in [1.82, 2.24) is 0 Å². The fourth-order valence-electron chi connectivity index (χ4n) is 3.11. The summed E-state index contributed by atoms with van der Waals surface area (Å²) in [6.07, 6.45) is 10.4. The van der Waals surface area contributed by atoms with E-state index in [-0.39, 0.29) is 0 Å². The monoisotopic (exact) mass is 406 g/mol. The van der Waals surface area contributed by atoms with Gasteiger partial charge in [0.2, 0.25) is 0 Å². The third-order valence-corrected chi connectivity index (χ3v) is 5.32. The Morgan fingerprint density at radius 3 is 2.32 bits per heavy atom. The van der Waals surface area contributed by atoms with E-state index in [0.717, 1.165) is 48.1 Å². The minimum absolute atomic E-state index is 0.333. The molecular formula is C20H29Cl3O2. The quantitative estimate of drug-likeness (QED) is 0.360. The maximum absolute atomic E-state index is 9.96. The molecule has 0 aliphatic heterocycles. The maximum Gasteiger partial charge on any atom is 0.303 e. The number of alkyl halides is 1. The van der Waals surface area contributed by atoms with Crippen LogP contribution in [0, 0.1) is 5.92 Å². The van der Waals surface area contributed by atoms with Gasteiger partial charge in [-0.1, -0.05) is 49.4 Å². The Kier molecular flexibility index (Phi) is 11.6. The second kappa shape index (κ2) is 12.8. The van der Waals surface area contributed by atoms with Gasteiger partial charge in [-0.3, -0.25) is 4.79 Å². The normalized spacial score (nSPS) is 19.4. The number of hydrogen-bond acceptors (Lipinski definition) is 1. The molecule has 25 heavy (non-hydrogen) atoms. The third kappa shape index (κ3) is 11.0. The van der Waals surface area contributed by atoms with E-state index in [0.29, 0.717) is 11.8 Å². The van der Waals surface area contributed by atoms with Gasteiger partial charge in [0, 0.05) is 21.8 Å². The number of aryl methyl sites for hydroxylation is 1. The van der Waals surface area contributed by atoms with E-state index in [9.17, 15) is 4.79 Å². The first-order valence-electron chi connectivity index (χ1n) is 9.21. The predicted octanol–water partition coefficient (Wildman–Crippen LogP) is 7.37. The topological polar surface area (TPSA) is 37.3 Å². The number of halogens is 3. The van der Waals surface area contributed by atoms with Gasteiger partial charge in [0.15, 0.2) is 0 Å². The lowest BCUT2D eigenvalue weighted by molar-refractivity contribution is -0.137. The summed E-state index contributed by atoms with van der Waals surface area (Å²) >= 11 is 18.0. The van der Waals surface area contributed by atoms with Crippen molar-refractivity contribution >= 4 is 40.8 Å². The smallest absolute Gasteiger partial charge is 0.303 e. The zero-order valence-electron chi connectivity index (χ0n) is 14.9. The Labute approximate surface area is 166 Å². The molecule has 0 saturated heterocycles. The molecule has 0 bridgehead atoms. The molecule has 0 amide bonds. The van der Waals surface area contributed by atoms with Gasteiger partial charge in [0.1, 0.15) is 0 Å². The molecule has 2 nitrogen and oxygen atoms in total. The van der Waals surface area contributed by atoms with Crippen molar-refractivity contribution in [3.05, 3.63) is 33.8 Å². The van der Waals surface area contributed by atoms with Gasteiger partial charge in [0.05, 0.1) is 0 Å². The van der Waals surface area contributed by atoms with Gasteiger partial charge in [-0.25, -0.2) is 0 Å². The van der Waals surface area contributed by atoms with Gasteiger partial charge in [-0.15, -0.1) is 11.6 Å². The highest BCUT2D eigenvalue weighted by atomic mass is 35.5. The summed E-state index contributed by atoms with van der Waals surface area (Å²) in [5, 5.41) is 10.1. The number of carbonyl (C=O) groups is 1. The van der Waals surface area contributed by atoms with Crippen LogP contribution < -0.4 is 0 Å². The van der Waals surface area contributed by atoms with Gasteiger partial charge in [-0.05, 0) is 68.2 Å². The van der Waals surface area contributed by atoms with Crippen LogP contribution in [0.2, 0.25) is 10.0 Å². The van der Waals surface area contributed by atoms with E-state index in [1.807, 2.05) is 12.1 Å². The highest BCUT2D eigenvalue weighted by molar-refractivity contribution is 6.34. The molecule has 2 rings (SSSR count). The van der Waals surface area contributed by atoms with Gasteiger partial charge in [-0.2, -0.15) is 0 Å². The van der Waals surface area contributed by atoms with Gasteiger partial charge < -0.3 is 5.11 Å². The van der Waals surface area contributed by atoms with Crippen LogP contribution in [-0.2, 0) is 11.2 Å². The van der Waals surface area contributed by atoms with Crippen molar-refractivity contribution in [2.75, 3.05) is 0 Å². The molecule has 0 radical (unpaired) electrons. The average Bonchev–Trinajstić information content (AvgIpc) is 2.95. The molecular weight excluding hydrogens is 379 g/mol. The lowest BCUT2D eigenvalue weighted by Crippen LogP contribution is -1.98. The molecule has 1 aromatic rings. The zero-order chi connectivity index (χ0) is 18.7. The van der Waals surface area contributed by atoms with E-state index < -0.39 is 5.97 Å². The van der Waals surface area contributed by atoms with Crippen molar-refractivity contribution in [3.8, 4) is 0 Å². The number of aliphatic carboxylic acids is 1. The van der Waals surface area contributed by atoms with E-state index in [1.54, 1.807) is 6.07 Å². The summed E-state index contributed by atoms with van der Waals surface area (Å²) in [5.41, 5.74) is 1.23. The molecule has 1 N–H and O–H groups in total. The second-order valence-electron chi connectivity index (χ2n) is 6.80. The first-order valence-corrected chi connectivity index (χ1v) is 10.4. The number of unbranched alkanes of at least 4 members (excludes halogenated alkanes) is 3. The van der Waals surface area contributed by atoms with Crippen molar-refractivity contribution in [2.24, 2.45) is 5.92 Å². The Bertz CT molecular complexity index is 499. The van der Waals surface area contributed by atoms with Crippen LogP contribution in [0.15, 0.2) is 18.2 Å². The first-order chi connectivity index (χ1) is 11.9. The van der Waals surface area contributed by atoms with Crippen LogP contribution in [0.3, 0.4) is 0 Å². The fourth-order valence-corrected chi connectivity index (χ4v) is 4.05. The Morgan fingerprint density at radius 1 is 1.12 bits per heavy atom. The highest BCUT2D eigenvalue weighted by Gasteiger charge is 2.22. The van der Waals surface area contributed by atoms with Crippen LogP contribution in [-0.4, -0.2) is 16.5 Å². The average molecular weight is 408 g/mol. The maximum atomic E-state index is 9.96. The molecule has 0 heterocycles. The molecule has 0 aromatic heterocycles. The molecule has 1 aliphatic rings. The molecule has 1 fully saturated rings. The Morgan fingerprint density at radius 2 is 1.80 bits per heavy atom. The van der Waals surface area contributed by atoms with Gasteiger partial charge in [0.25, 0.3) is 0 Å². The molecule has 142 valence electrons. The van der Waals surface area contributed by atoms with Crippen molar-refractivity contribution in [3.63, 3.8) is 0 Å². The zero-order valence-corrected chi connectivity index (χ0v) is 17.2. The lowest BCUT2D eigenvalue weighted by atomic mass is 9.98. The van der Waals surface area contributed by atoms with Crippen LogP contribution in [0.4, 0.5) is 0 Å². The van der Waals surface area contributed by atoms with Crippen molar-refractivity contribution in [2.45, 2.75) is 76.5 Å². The number of rotatable bonds is 8. The first kappa shape index (κ1) is 22.6. The van der Waals surface area contributed by atoms with Crippen molar-refractivity contribution in [1.29, 1.82) is 0 Å². The molecule has 1 saturated carbocycles. The van der Waals surface area contributed by atoms with Crippen LogP contribution in [0.25, 0.3) is 0 Å². The van der Waals surface area contributed by atoms with Gasteiger partial charge >= 0.3 is 5.97 Å². The molecule has 0 spiro atoms. The minimum Gasteiger partial charge on any atom is -0.481 e. The second-order valence-corrected chi connectivity index (χ2v) is 8.29. The van der Waals surface area contributed by atoms with Crippen LogP contribution in [0.1, 0.15) is 70.3 Å². The highest BCUT2D eigenvalue weighted by Crippen LogP contribution is 2.33. The van der Waals surface area contributed by atoms with Crippen molar-refractivity contribution < 1.29 is 9.90 Å². The fraction of sp³-hybridized carbons (Fsp3) is 0.650. The number of carboxylic acids is 1. The molecule has 1 aromatic carbocycles. The number of benzene rings is 1. The summed E-state index contributed by atoms with van der Waals surface area (Å²) < 4.78 is 0. The third-order valence-electron chi connectivity index (χ3n) is 4.49. The van der Waals surface area contributed by atoms with E-state index >= 15 is 0 Å². The minimum atomic E-state index is -0.675. The summed E-state index contributed by atoms with van der Waals surface area (Å²) in [6, 6.07) is 5.78. The molecule has 2 unspecified atom stereocenters. The molecule has 2 atom stereocenters. The molecule has 1 aliphatic carbocycles. The van der Waals surface area contributed by atoms with Crippen LogP contribution in [0.5, 0.6) is 0 Å². The largest absolute Gasteiger partial charge is 0.481 e. The summed E-state index contributed by atoms with van der Waals surface area (Å²) in [6.45, 7) is 2.11. The summed E-state index contributed by atoms with van der Waals surface area (Å²) in [4.78, 5) is 9.96. The van der Waals surface area contributed by atoms with E-state index in [1.165, 1.54) is 31.2 Å². The Hall–Kier alpha value is -0.440. The number of carboxylic acid groups (broad SMARTS) is 1. The predicted molar refractivity (Wildman–Crippen MR) is 108 cm³/mol. The summed E-state index contributed by atoms with van der Waals surface area (Å²) in [5.74, 6) is 0.103. The van der Waals surface area contributed by atoms with Crippen LogP contribution >= 0.6 is 34.8 Å². The van der Waals surface area contributed by atoms with E-state index in [2.05, 4.69) is 6.92 Å². The Balaban J connectivity index is 0.000000299. The lowest BCUT2D eigenvalue weighted by Gasteiger charge is -2.09. The standard InChI is InChI=1S/C13H15Cl3.C7H14O2/c14-11-4-3-9(5-11)1-2-10-6-12(15)8-13(16)7-10;1-2-3-4-5-6-7(8)9/h6-9,11H,1-5H2;2-6H2,1H3,(H,8,9). The summed E-state index contributed by atoms with van der Waals surface area (Å²) in [7, 11) is 0. The SMILES string of the molecule is CCCCCCC(=O)O.Clc1cc(Cl)cc(CCC2CCC(Cl)C2)c1.